The summed E-state index contributed by atoms with van der Waals surface area (Å²) in [6, 6.07) is 9.03. The summed E-state index contributed by atoms with van der Waals surface area (Å²) < 4.78 is 19.4. The maximum Gasteiger partial charge on any atom is 0.341 e. The van der Waals surface area contributed by atoms with Crippen molar-refractivity contribution < 1.29 is 19.0 Å². The van der Waals surface area contributed by atoms with Crippen LogP contribution in [-0.4, -0.2) is 17.7 Å². The van der Waals surface area contributed by atoms with Crippen molar-refractivity contribution in [2.45, 2.75) is 6.92 Å². The second-order valence-electron chi connectivity index (χ2n) is 4.11. The van der Waals surface area contributed by atoms with Gasteiger partial charge in [0.2, 0.25) is 0 Å². The van der Waals surface area contributed by atoms with Gasteiger partial charge in [-0.25, -0.2) is 9.18 Å². The maximum atomic E-state index is 13.9. The number of aromatic hydroxyl groups is 1. The molecule has 2 aromatic carbocycles. The summed E-state index contributed by atoms with van der Waals surface area (Å²) in [6.45, 7) is 1.86. The van der Waals surface area contributed by atoms with Gasteiger partial charge in [0.1, 0.15) is 11.6 Å². The average molecular weight is 339 g/mol. The van der Waals surface area contributed by atoms with E-state index in [0.717, 1.165) is 0 Å². The summed E-state index contributed by atoms with van der Waals surface area (Å²) in [5, 5.41) is 9.54. The van der Waals surface area contributed by atoms with Gasteiger partial charge in [0, 0.05) is 4.47 Å². The zero-order chi connectivity index (χ0) is 14.7. The molecule has 2 rings (SSSR count). The van der Waals surface area contributed by atoms with Gasteiger partial charge in [0.25, 0.3) is 0 Å². The molecule has 0 unspecified atom stereocenters. The molecule has 0 spiro atoms. The van der Waals surface area contributed by atoms with Crippen LogP contribution in [0.1, 0.15) is 17.3 Å². The first kappa shape index (κ1) is 14.5. The van der Waals surface area contributed by atoms with E-state index in [-0.39, 0.29) is 17.9 Å². The van der Waals surface area contributed by atoms with Crippen LogP contribution >= 0.6 is 15.9 Å². The van der Waals surface area contributed by atoms with Crippen LogP contribution in [0, 0.1) is 5.82 Å². The molecular weight excluding hydrogens is 327 g/mol. The van der Waals surface area contributed by atoms with Gasteiger partial charge in [0.05, 0.1) is 12.2 Å². The van der Waals surface area contributed by atoms with Crippen LogP contribution in [0.25, 0.3) is 11.1 Å². The predicted molar refractivity (Wildman–Crippen MR) is 77.2 cm³/mol. The lowest BCUT2D eigenvalue weighted by atomic mass is 10.0. The van der Waals surface area contributed by atoms with Crippen molar-refractivity contribution in [1.29, 1.82) is 0 Å². The molecule has 0 bridgehead atoms. The maximum absolute atomic E-state index is 13.9. The number of ether oxygens (including phenoxy) is 1. The average Bonchev–Trinajstić information content (AvgIpc) is 2.37. The Balaban J connectivity index is 2.40. The van der Waals surface area contributed by atoms with Crippen molar-refractivity contribution >= 4 is 21.9 Å². The highest BCUT2D eigenvalue weighted by molar-refractivity contribution is 9.10. The highest BCUT2D eigenvalue weighted by atomic mass is 79.9. The van der Waals surface area contributed by atoms with Crippen LogP contribution in [0.5, 0.6) is 5.75 Å². The number of hydrogen-bond donors (Lipinski definition) is 1. The monoisotopic (exact) mass is 338 g/mol. The van der Waals surface area contributed by atoms with E-state index >= 15 is 0 Å². The molecule has 0 fully saturated rings. The minimum absolute atomic E-state index is 0.0734. The molecule has 104 valence electrons. The van der Waals surface area contributed by atoms with E-state index in [1.54, 1.807) is 19.1 Å². The fraction of sp³-hybridized carbons (Fsp3) is 0.133. The summed E-state index contributed by atoms with van der Waals surface area (Å²) in [7, 11) is 0. The summed E-state index contributed by atoms with van der Waals surface area (Å²) in [6.07, 6.45) is 0. The Hall–Kier alpha value is -1.88. The van der Waals surface area contributed by atoms with Gasteiger partial charge in [-0.15, -0.1) is 0 Å². The molecule has 0 aromatic heterocycles. The Bertz CT molecular complexity index is 635. The molecular formula is C15H12BrFO3. The van der Waals surface area contributed by atoms with Gasteiger partial charge in [-0.05, 0) is 48.4 Å². The van der Waals surface area contributed by atoms with Crippen LogP contribution in [-0.2, 0) is 4.74 Å². The zero-order valence-electron chi connectivity index (χ0n) is 10.7. The summed E-state index contributed by atoms with van der Waals surface area (Å²) in [4.78, 5) is 11.5. The molecule has 0 aliphatic heterocycles. The van der Waals surface area contributed by atoms with E-state index in [4.69, 9.17) is 4.74 Å². The largest absolute Gasteiger partial charge is 0.508 e. The Morgan fingerprint density at radius 1 is 1.25 bits per heavy atom. The lowest BCUT2D eigenvalue weighted by Crippen LogP contribution is -2.07. The molecule has 5 heteroatoms. The molecule has 2 aromatic rings. The van der Waals surface area contributed by atoms with E-state index in [1.807, 2.05) is 0 Å². The van der Waals surface area contributed by atoms with E-state index in [9.17, 15) is 14.3 Å². The smallest absolute Gasteiger partial charge is 0.341 e. The minimum atomic E-state index is -0.686. The highest BCUT2D eigenvalue weighted by Gasteiger charge is 2.14. The predicted octanol–water partition coefficient (Wildman–Crippen LogP) is 4.14. The van der Waals surface area contributed by atoms with Crippen LogP contribution in [0.4, 0.5) is 4.39 Å². The van der Waals surface area contributed by atoms with Crippen LogP contribution < -0.4 is 0 Å². The Kier molecular flexibility index (Phi) is 4.39. The van der Waals surface area contributed by atoms with Gasteiger partial charge in [0.15, 0.2) is 0 Å². The molecule has 0 heterocycles. The van der Waals surface area contributed by atoms with E-state index in [1.165, 1.54) is 24.3 Å². The number of esters is 1. The third kappa shape index (κ3) is 3.17. The third-order valence-electron chi connectivity index (χ3n) is 2.68. The third-order valence-corrected chi connectivity index (χ3v) is 3.14. The quantitative estimate of drug-likeness (QED) is 0.855. The second-order valence-corrected chi connectivity index (χ2v) is 5.03. The number of halogens is 2. The number of carbonyl (C=O) groups is 1. The van der Waals surface area contributed by atoms with E-state index in [0.29, 0.717) is 15.6 Å². The molecule has 0 saturated carbocycles. The van der Waals surface area contributed by atoms with Gasteiger partial charge in [-0.1, -0.05) is 22.0 Å². The Morgan fingerprint density at radius 3 is 2.60 bits per heavy atom. The topological polar surface area (TPSA) is 46.5 Å². The van der Waals surface area contributed by atoms with E-state index in [2.05, 4.69) is 15.9 Å². The first-order valence-electron chi connectivity index (χ1n) is 5.98. The minimum Gasteiger partial charge on any atom is -0.508 e. The van der Waals surface area contributed by atoms with Gasteiger partial charge in [-0.2, -0.15) is 0 Å². The fourth-order valence-corrected chi connectivity index (χ4v) is 2.29. The molecule has 1 N–H and O–H groups in total. The van der Waals surface area contributed by atoms with Crippen molar-refractivity contribution in [2.24, 2.45) is 0 Å². The summed E-state index contributed by atoms with van der Waals surface area (Å²) >= 11 is 3.26. The molecule has 0 aliphatic rings. The van der Waals surface area contributed by atoms with Crippen LogP contribution in [0.15, 0.2) is 40.9 Å². The van der Waals surface area contributed by atoms with Crippen LogP contribution in [0.2, 0.25) is 0 Å². The summed E-state index contributed by atoms with van der Waals surface area (Å²) in [5.74, 6) is -1.27. The SMILES string of the molecule is CCOC(=O)c1ccc(-c2cc(O)cc(Br)c2)cc1F. The first-order valence-corrected chi connectivity index (χ1v) is 6.77. The molecule has 20 heavy (non-hydrogen) atoms. The van der Waals surface area contributed by atoms with Crippen molar-refractivity contribution in [3.8, 4) is 16.9 Å². The number of hydrogen-bond acceptors (Lipinski definition) is 3. The van der Waals surface area contributed by atoms with Gasteiger partial charge >= 0.3 is 5.97 Å². The van der Waals surface area contributed by atoms with E-state index < -0.39 is 11.8 Å². The lowest BCUT2D eigenvalue weighted by molar-refractivity contribution is 0.0521. The number of phenols is 1. The lowest BCUT2D eigenvalue weighted by Gasteiger charge is -2.07. The zero-order valence-corrected chi connectivity index (χ0v) is 12.3. The Morgan fingerprint density at radius 2 is 2.00 bits per heavy atom. The molecule has 0 radical (unpaired) electrons. The molecule has 0 amide bonds. The number of rotatable bonds is 3. The molecule has 3 nitrogen and oxygen atoms in total. The normalized spacial score (nSPS) is 10.3. The Labute approximate surface area is 124 Å². The number of benzene rings is 2. The van der Waals surface area contributed by atoms with Gasteiger partial charge < -0.3 is 9.84 Å². The number of phenolic OH excluding ortho intramolecular Hbond substituents is 1. The number of carbonyl (C=O) groups excluding carboxylic acids is 1. The molecule has 0 atom stereocenters. The fourth-order valence-electron chi connectivity index (χ4n) is 1.81. The molecule has 0 saturated heterocycles. The van der Waals surface area contributed by atoms with Crippen molar-refractivity contribution in [3.63, 3.8) is 0 Å². The van der Waals surface area contributed by atoms with Crippen molar-refractivity contribution in [3.05, 3.63) is 52.3 Å². The van der Waals surface area contributed by atoms with Crippen molar-refractivity contribution in [1.82, 2.24) is 0 Å². The molecule has 0 aliphatic carbocycles. The highest BCUT2D eigenvalue weighted by Crippen LogP contribution is 2.29. The van der Waals surface area contributed by atoms with Crippen LogP contribution in [0.3, 0.4) is 0 Å². The van der Waals surface area contributed by atoms with Crippen molar-refractivity contribution in [2.75, 3.05) is 6.61 Å². The second kappa shape index (κ2) is 6.05. The first-order chi connectivity index (χ1) is 9.51. The summed E-state index contributed by atoms with van der Waals surface area (Å²) in [5.41, 5.74) is 1.10. The standard InChI is InChI=1S/C15H12BrFO3/c1-2-20-15(19)13-4-3-9(7-14(13)17)10-5-11(16)8-12(18)6-10/h3-8,18H,2H2,1H3. The van der Waals surface area contributed by atoms with Gasteiger partial charge in [-0.3, -0.25) is 0 Å².